The highest BCUT2D eigenvalue weighted by Gasteiger charge is 2.23. The summed E-state index contributed by atoms with van der Waals surface area (Å²) in [6.07, 6.45) is 0.622. The predicted octanol–water partition coefficient (Wildman–Crippen LogP) is 3.90. The Kier molecular flexibility index (Phi) is 7.41. The van der Waals surface area contributed by atoms with Crippen molar-refractivity contribution in [2.45, 2.75) is 20.0 Å². The lowest BCUT2D eigenvalue weighted by Gasteiger charge is -2.11. The van der Waals surface area contributed by atoms with E-state index in [9.17, 15) is 19.7 Å². The maximum atomic E-state index is 12.4. The van der Waals surface area contributed by atoms with E-state index < -0.39 is 23.4 Å². The van der Waals surface area contributed by atoms with Crippen LogP contribution in [0.4, 0.5) is 11.4 Å². The van der Waals surface area contributed by atoms with Crippen LogP contribution in [-0.4, -0.2) is 41.6 Å². The van der Waals surface area contributed by atoms with E-state index in [1.54, 1.807) is 12.1 Å². The second-order valence-corrected chi connectivity index (χ2v) is 8.48. The maximum Gasteiger partial charge on any atom is 0.338 e. The molecular formula is C23H21N3O8S. The van der Waals surface area contributed by atoms with Crippen molar-refractivity contribution in [1.29, 1.82) is 0 Å². The van der Waals surface area contributed by atoms with Gasteiger partial charge in [-0.05, 0) is 25.1 Å². The van der Waals surface area contributed by atoms with E-state index >= 15 is 0 Å². The molecule has 1 aliphatic heterocycles. The number of carbonyl (C=O) groups is 2. The number of carbonyl (C=O) groups excluding carboxylic acids is 2. The third kappa shape index (κ3) is 6.23. The van der Waals surface area contributed by atoms with E-state index in [2.05, 4.69) is 10.3 Å². The number of nitro groups is 1. The minimum atomic E-state index is -0.748. The molecule has 0 saturated heterocycles. The van der Waals surface area contributed by atoms with Crippen LogP contribution >= 0.6 is 11.3 Å². The van der Waals surface area contributed by atoms with Gasteiger partial charge in [-0.2, -0.15) is 0 Å². The van der Waals surface area contributed by atoms with Crippen molar-refractivity contribution < 1.29 is 33.5 Å². The highest BCUT2D eigenvalue weighted by molar-refractivity contribution is 7.09. The zero-order valence-corrected chi connectivity index (χ0v) is 19.5. The molecule has 35 heavy (non-hydrogen) atoms. The first-order valence-electron chi connectivity index (χ1n) is 10.6. The minimum Gasteiger partial charge on any atom is -0.489 e. The molecule has 2 aromatic carbocycles. The maximum absolute atomic E-state index is 12.4. The quantitative estimate of drug-likeness (QED) is 0.278. The number of ether oxygens (including phenoxy) is 4. The lowest BCUT2D eigenvalue weighted by atomic mass is 10.2. The number of nitro benzene ring substituents is 1. The summed E-state index contributed by atoms with van der Waals surface area (Å²) in [6.45, 7) is 2.24. The van der Waals surface area contributed by atoms with E-state index in [0.717, 1.165) is 10.7 Å². The van der Waals surface area contributed by atoms with Gasteiger partial charge >= 0.3 is 5.97 Å². The fraction of sp³-hybridized carbons (Fsp3) is 0.261. The molecule has 1 aliphatic rings. The summed E-state index contributed by atoms with van der Waals surface area (Å²) in [6, 6.07) is 8.85. The first-order valence-corrected chi connectivity index (χ1v) is 11.5. The predicted molar refractivity (Wildman–Crippen MR) is 125 cm³/mol. The number of aromatic nitrogens is 1. The number of hydrogen-bond acceptors (Lipinski definition) is 10. The first-order chi connectivity index (χ1) is 16.9. The monoisotopic (exact) mass is 499 g/mol. The number of thiazole rings is 1. The zero-order valence-electron chi connectivity index (χ0n) is 18.6. The van der Waals surface area contributed by atoms with E-state index in [-0.39, 0.29) is 35.0 Å². The number of aryl methyl sites for hydroxylation is 1. The fourth-order valence-corrected chi connectivity index (χ4v) is 3.79. The molecule has 0 atom stereocenters. The number of amides is 1. The van der Waals surface area contributed by atoms with Gasteiger partial charge in [0.05, 0.1) is 40.5 Å². The summed E-state index contributed by atoms with van der Waals surface area (Å²) >= 11 is 1.51. The standard InChI is InChI=1S/C23H21N3O8S/c1-14-24-16(13-35-14)11-33-17-5-2-4-15(8-17)23(28)34-12-22(27)25-18-9-20-21(10-19(18)26(29)30)32-7-3-6-31-20/h2,4-5,8-10,13H,3,6-7,11-12H2,1H3,(H,25,27). The Morgan fingerprint density at radius 1 is 1.20 bits per heavy atom. The van der Waals surface area contributed by atoms with Crippen LogP contribution in [0.3, 0.4) is 0 Å². The lowest BCUT2D eigenvalue weighted by molar-refractivity contribution is -0.384. The number of benzene rings is 2. The molecule has 3 aromatic rings. The van der Waals surface area contributed by atoms with Crippen LogP contribution in [0.25, 0.3) is 0 Å². The summed E-state index contributed by atoms with van der Waals surface area (Å²) in [5, 5.41) is 16.7. The van der Waals surface area contributed by atoms with Crippen molar-refractivity contribution in [3.8, 4) is 17.2 Å². The molecule has 2 heterocycles. The summed E-state index contributed by atoms with van der Waals surface area (Å²) < 4.78 is 21.7. The van der Waals surface area contributed by atoms with Gasteiger partial charge in [0, 0.05) is 17.9 Å². The van der Waals surface area contributed by atoms with Gasteiger partial charge in [0.2, 0.25) is 0 Å². The van der Waals surface area contributed by atoms with Crippen LogP contribution in [0.1, 0.15) is 27.5 Å². The number of nitrogens with zero attached hydrogens (tertiary/aromatic N) is 2. The van der Waals surface area contributed by atoms with Crippen molar-refractivity contribution in [3.63, 3.8) is 0 Å². The van der Waals surface area contributed by atoms with E-state index in [4.69, 9.17) is 18.9 Å². The average molecular weight is 500 g/mol. The number of hydrogen-bond donors (Lipinski definition) is 1. The van der Waals surface area contributed by atoms with Crippen LogP contribution in [-0.2, 0) is 16.1 Å². The Labute approximate surface area is 203 Å². The minimum absolute atomic E-state index is 0.0898. The molecular weight excluding hydrogens is 478 g/mol. The van der Waals surface area contributed by atoms with Gasteiger partial charge in [0.25, 0.3) is 11.6 Å². The Bertz CT molecular complexity index is 1260. The van der Waals surface area contributed by atoms with Gasteiger partial charge in [-0.25, -0.2) is 9.78 Å². The normalized spacial score (nSPS) is 12.4. The molecule has 0 radical (unpaired) electrons. The van der Waals surface area contributed by atoms with E-state index in [1.807, 2.05) is 12.3 Å². The van der Waals surface area contributed by atoms with Crippen LogP contribution < -0.4 is 19.5 Å². The number of anilines is 1. The summed E-state index contributed by atoms with van der Waals surface area (Å²) in [4.78, 5) is 39.9. The van der Waals surface area contributed by atoms with Gasteiger partial charge in [-0.1, -0.05) is 6.07 Å². The molecule has 182 valence electrons. The van der Waals surface area contributed by atoms with Crippen LogP contribution in [0.5, 0.6) is 17.2 Å². The second-order valence-electron chi connectivity index (χ2n) is 7.42. The Hall–Kier alpha value is -4.19. The highest BCUT2D eigenvalue weighted by atomic mass is 32.1. The van der Waals surface area contributed by atoms with Crippen LogP contribution in [0, 0.1) is 17.0 Å². The molecule has 0 aliphatic carbocycles. The van der Waals surface area contributed by atoms with Gasteiger partial charge in [-0.15, -0.1) is 11.3 Å². The van der Waals surface area contributed by atoms with E-state index in [1.165, 1.54) is 35.6 Å². The van der Waals surface area contributed by atoms with Crippen molar-refractivity contribution in [3.05, 3.63) is 68.2 Å². The van der Waals surface area contributed by atoms with Gasteiger partial charge in [-0.3, -0.25) is 14.9 Å². The number of esters is 1. The smallest absolute Gasteiger partial charge is 0.338 e. The Morgan fingerprint density at radius 2 is 1.97 bits per heavy atom. The molecule has 0 fully saturated rings. The molecule has 0 unspecified atom stereocenters. The zero-order chi connectivity index (χ0) is 24.8. The lowest BCUT2D eigenvalue weighted by Crippen LogP contribution is -2.21. The molecule has 0 saturated carbocycles. The Morgan fingerprint density at radius 3 is 2.69 bits per heavy atom. The number of rotatable bonds is 8. The SMILES string of the molecule is Cc1nc(COc2cccc(C(=O)OCC(=O)Nc3cc4c(cc3[N+](=O)[O-])OCCCO4)c2)cs1. The molecule has 4 rings (SSSR count). The molecule has 11 nitrogen and oxygen atoms in total. The van der Waals surface area contributed by atoms with E-state index in [0.29, 0.717) is 25.4 Å². The molecule has 1 amide bonds. The van der Waals surface area contributed by atoms with Crippen molar-refractivity contribution in [2.24, 2.45) is 0 Å². The van der Waals surface area contributed by atoms with Crippen LogP contribution in [0.15, 0.2) is 41.8 Å². The average Bonchev–Trinajstić information content (AvgIpc) is 3.12. The summed E-state index contributed by atoms with van der Waals surface area (Å²) in [5.74, 6) is -0.543. The Balaban J connectivity index is 1.36. The van der Waals surface area contributed by atoms with Crippen molar-refractivity contribution in [2.75, 3.05) is 25.1 Å². The number of fused-ring (bicyclic) bond motifs is 1. The van der Waals surface area contributed by atoms with Crippen molar-refractivity contribution in [1.82, 2.24) is 4.98 Å². The molecule has 12 heteroatoms. The fourth-order valence-electron chi connectivity index (χ4n) is 3.19. The van der Waals surface area contributed by atoms with Gasteiger partial charge < -0.3 is 24.3 Å². The van der Waals surface area contributed by atoms with Crippen molar-refractivity contribution >= 4 is 34.6 Å². The first kappa shape index (κ1) is 24.0. The topological polar surface area (TPSA) is 139 Å². The highest BCUT2D eigenvalue weighted by Crippen LogP contribution is 2.39. The molecule has 0 bridgehead atoms. The summed E-state index contributed by atoms with van der Waals surface area (Å²) in [7, 11) is 0. The molecule has 1 N–H and O–H groups in total. The second kappa shape index (κ2) is 10.8. The molecule has 1 aromatic heterocycles. The third-order valence-corrected chi connectivity index (χ3v) is 5.62. The molecule has 0 spiro atoms. The largest absolute Gasteiger partial charge is 0.489 e. The third-order valence-electron chi connectivity index (χ3n) is 4.79. The number of nitrogens with one attached hydrogen (secondary N) is 1. The van der Waals surface area contributed by atoms with Crippen LogP contribution in [0.2, 0.25) is 0 Å². The van der Waals surface area contributed by atoms with Gasteiger partial charge in [0.1, 0.15) is 18.0 Å². The summed E-state index contributed by atoms with van der Waals surface area (Å²) in [5.41, 5.74) is 0.509. The van der Waals surface area contributed by atoms with Gasteiger partial charge in [0.15, 0.2) is 18.1 Å².